The van der Waals surface area contributed by atoms with Gasteiger partial charge in [0.25, 0.3) is 17.1 Å². The minimum atomic E-state index is -0.404. The summed E-state index contributed by atoms with van der Waals surface area (Å²) in [6, 6.07) is 13.6. The minimum Gasteiger partial charge on any atom is -0.484 e. The van der Waals surface area contributed by atoms with Gasteiger partial charge in [-0.1, -0.05) is 23.7 Å². The monoisotopic (exact) mass is 388 g/mol. The molecular formula is C18H13ClN2O4S. The van der Waals surface area contributed by atoms with Crippen molar-refractivity contribution in [2.45, 2.75) is 0 Å². The van der Waals surface area contributed by atoms with E-state index < -0.39 is 5.91 Å². The second kappa shape index (κ2) is 8.07. The molecule has 0 atom stereocenters. The number of imide groups is 1. The van der Waals surface area contributed by atoms with Crippen molar-refractivity contribution in [1.82, 2.24) is 5.32 Å². The molecule has 0 unspecified atom stereocenters. The maximum absolute atomic E-state index is 11.9. The molecule has 132 valence electrons. The van der Waals surface area contributed by atoms with Crippen LogP contribution in [0.25, 0.3) is 6.08 Å². The summed E-state index contributed by atoms with van der Waals surface area (Å²) in [5.41, 5.74) is 1.38. The average Bonchev–Trinajstić information content (AvgIpc) is 2.93. The molecule has 0 aromatic heterocycles. The first-order chi connectivity index (χ1) is 12.5. The normalized spacial score (nSPS) is 15.0. The Balaban J connectivity index is 1.53. The van der Waals surface area contributed by atoms with Gasteiger partial charge in [-0.25, -0.2) is 0 Å². The van der Waals surface area contributed by atoms with Crippen molar-refractivity contribution in [2.75, 3.05) is 11.9 Å². The second-order valence-corrected chi connectivity index (χ2v) is 6.72. The average molecular weight is 389 g/mol. The number of ether oxygens (including phenoxy) is 1. The van der Waals surface area contributed by atoms with E-state index in [-0.39, 0.29) is 17.8 Å². The summed E-state index contributed by atoms with van der Waals surface area (Å²) in [4.78, 5) is 34.9. The van der Waals surface area contributed by atoms with Gasteiger partial charge >= 0.3 is 0 Å². The predicted molar refractivity (Wildman–Crippen MR) is 101 cm³/mol. The van der Waals surface area contributed by atoms with E-state index >= 15 is 0 Å². The van der Waals surface area contributed by atoms with Gasteiger partial charge in [0.1, 0.15) is 5.75 Å². The molecule has 1 aliphatic rings. The van der Waals surface area contributed by atoms with Gasteiger partial charge in [0.2, 0.25) is 0 Å². The molecule has 2 aromatic rings. The third kappa shape index (κ3) is 4.87. The first-order valence-electron chi connectivity index (χ1n) is 7.53. The fraction of sp³-hybridized carbons (Fsp3) is 0.0556. The van der Waals surface area contributed by atoms with Crippen LogP contribution in [-0.4, -0.2) is 23.7 Å². The molecule has 1 heterocycles. The van der Waals surface area contributed by atoms with Gasteiger partial charge in [0.05, 0.1) is 4.91 Å². The second-order valence-electron chi connectivity index (χ2n) is 5.27. The third-order valence-electron chi connectivity index (χ3n) is 3.32. The first kappa shape index (κ1) is 18.0. The number of anilines is 1. The molecule has 0 saturated carbocycles. The van der Waals surface area contributed by atoms with E-state index in [1.165, 1.54) is 0 Å². The van der Waals surface area contributed by atoms with Crippen molar-refractivity contribution in [1.29, 1.82) is 0 Å². The van der Waals surface area contributed by atoms with Crippen molar-refractivity contribution in [3.63, 3.8) is 0 Å². The number of amides is 3. The fourth-order valence-electron chi connectivity index (χ4n) is 2.11. The summed E-state index contributed by atoms with van der Waals surface area (Å²) in [5, 5.41) is 5.10. The number of halogens is 1. The Morgan fingerprint density at radius 1 is 1.12 bits per heavy atom. The minimum absolute atomic E-state index is 0.143. The highest BCUT2D eigenvalue weighted by atomic mass is 35.5. The van der Waals surface area contributed by atoms with E-state index in [2.05, 4.69) is 10.6 Å². The highest BCUT2D eigenvalue weighted by Crippen LogP contribution is 2.26. The van der Waals surface area contributed by atoms with E-state index in [9.17, 15) is 14.4 Å². The topological polar surface area (TPSA) is 84.5 Å². The quantitative estimate of drug-likeness (QED) is 0.763. The maximum atomic E-state index is 11.9. The standard InChI is InChI=1S/C18H13ClN2O4S/c19-12-3-5-13(6-4-12)20-16(22)10-25-14-7-1-11(2-8-14)9-15-17(23)21-18(24)26-15/h1-9H,10H2,(H,20,22)(H,21,23,24)/b15-9-. The van der Waals surface area contributed by atoms with E-state index in [4.69, 9.17) is 16.3 Å². The third-order valence-corrected chi connectivity index (χ3v) is 4.38. The van der Waals surface area contributed by atoms with Gasteiger partial charge in [0, 0.05) is 10.7 Å². The zero-order valence-corrected chi connectivity index (χ0v) is 14.9. The van der Waals surface area contributed by atoms with Crippen LogP contribution in [-0.2, 0) is 9.59 Å². The van der Waals surface area contributed by atoms with Gasteiger partial charge in [-0.3, -0.25) is 19.7 Å². The molecule has 0 radical (unpaired) electrons. The molecular weight excluding hydrogens is 376 g/mol. The number of rotatable bonds is 5. The van der Waals surface area contributed by atoms with Gasteiger partial charge < -0.3 is 10.1 Å². The van der Waals surface area contributed by atoms with Crippen LogP contribution in [0.4, 0.5) is 10.5 Å². The molecule has 1 aliphatic heterocycles. The maximum Gasteiger partial charge on any atom is 0.290 e. The molecule has 2 N–H and O–H groups in total. The number of nitrogens with one attached hydrogen (secondary N) is 2. The lowest BCUT2D eigenvalue weighted by Crippen LogP contribution is -2.20. The van der Waals surface area contributed by atoms with Gasteiger partial charge in [-0.05, 0) is 59.8 Å². The number of hydrogen-bond acceptors (Lipinski definition) is 5. The van der Waals surface area contributed by atoms with Crippen LogP contribution in [0.2, 0.25) is 5.02 Å². The Hall–Kier alpha value is -2.77. The SMILES string of the molecule is O=C(COc1ccc(/C=C2\SC(=O)NC2=O)cc1)Nc1ccc(Cl)cc1. The van der Waals surface area contributed by atoms with Crippen LogP contribution < -0.4 is 15.4 Å². The van der Waals surface area contributed by atoms with Gasteiger partial charge in [0.15, 0.2) is 6.61 Å². The van der Waals surface area contributed by atoms with Crippen molar-refractivity contribution >= 4 is 52.2 Å². The first-order valence-corrected chi connectivity index (χ1v) is 8.72. The lowest BCUT2D eigenvalue weighted by molar-refractivity contribution is -0.118. The Morgan fingerprint density at radius 2 is 1.81 bits per heavy atom. The lowest BCUT2D eigenvalue weighted by atomic mass is 10.2. The van der Waals surface area contributed by atoms with Crippen LogP contribution in [0.5, 0.6) is 5.75 Å². The molecule has 3 rings (SSSR count). The summed E-state index contributed by atoms with van der Waals surface area (Å²) < 4.78 is 5.43. The van der Waals surface area contributed by atoms with Crippen LogP contribution in [0.1, 0.15) is 5.56 Å². The number of carbonyl (C=O) groups excluding carboxylic acids is 3. The van der Waals surface area contributed by atoms with Crippen LogP contribution in [0.3, 0.4) is 0 Å². The van der Waals surface area contributed by atoms with Crippen LogP contribution >= 0.6 is 23.4 Å². The number of thioether (sulfide) groups is 1. The molecule has 1 saturated heterocycles. The largest absolute Gasteiger partial charge is 0.484 e. The lowest BCUT2D eigenvalue weighted by Gasteiger charge is -2.08. The van der Waals surface area contributed by atoms with Gasteiger partial charge in [-0.2, -0.15) is 0 Å². The molecule has 0 bridgehead atoms. The molecule has 6 nitrogen and oxygen atoms in total. The van der Waals surface area contributed by atoms with Crippen molar-refractivity contribution in [3.05, 3.63) is 64.0 Å². The van der Waals surface area contributed by atoms with Crippen LogP contribution in [0.15, 0.2) is 53.4 Å². The smallest absolute Gasteiger partial charge is 0.290 e. The Labute approximate surface area is 158 Å². The highest BCUT2D eigenvalue weighted by Gasteiger charge is 2.24. The number of hydrogen-bond donors (Lipinski definition) is 2. The van der Waals surface area contributed by atoms with Crippen molar-refractivity contribution in [2.24, 2.45) is 0 Å². The Morgan fingerprint density at radius 3 is 2.42 bits per heavy atom. The predicted octanol–water partition coefficient (Wildman–Crippen LogP) is 3.68. The summed E-state index contributed by atoms with van der Waals surface area (Å²) in [6.07, 6.45) is 1.61. The zero-order chi connectivity index (χ0) is 18.5. The number of benzene rings is 2. The summed E-state index contributed by atoms with van der Waals surface area (Å²) >= 11 is 6.65. The summed E-state index contributed by atoms with van der Waals surface area (Å²) in [5.74, 6) is -0.187. The highest BCUT2D eigenvalue weighted by molar-refractivity contribution is 8.18. The van der Waals surface area contributed by atoms with E-state index in [1.807, 2.05) is 0 Å². The zero-order valence-electron chi connectivity index (χ0n) is 13.3. The molecule has 1 fully saturated rings. The van der Waals surface area contributed by atoms with E-state index in [0.717, 1.165) is 17.3 Å². The Bertz CT molecular complexity index is 879. The molecule has 3 amide bonds. The van der Waals surface area contributed by atoms with Crippen molar-refractivity contribution < 1.29 is 19.1 Å². The van der Waals surface area contributed by atoms with Gasteiger partial charge in [-0.15, -0.1) is 0 Å². The molecule has 8 heteroatoms. The fourth-order valence-corrected chi connectivity index (χ4v) is 2.92. The van der Waals surface area contributed by atoms with Crippen LogP contribution in [0, 0.1) is 0 Å². The molecule has 26 heavy (non-hydrogen) atoms. The molecule has 0 aliphatic carbocycles. The summed E-state index contributed by atoms with van der Waals surface area (Å²) in [7, 11) is 0. The van der Waals surface area contributed by atoms with Crippen molar-refractivity contribution in [3.8, 4) is 5.75 Å². The molecule has 2 aromatic carbocycles. The van der Waals surface area contributed by atoms with E-state index in [0.29, 0.717) is 21.4 Å². The number of carbonyl (C=O) groups is 3. The molecule has 0 spiro atoms. The Kier molecular flexibility index (Phi) is 5.60. The summed E-state index contributed by atoms with van der Waals surface area (Å²) in [6.45, 7) is -0.143. The van der Waals surface area contributed by atoms with E-state index in [1.54, 1.807) is 54.6 Å².